The fourth-order valence-corrected chi connectivity index (χ4v) is 6.62. The maximum absolute atomic E-state index is 13.0. The van der Waals surface area contributed by atoms with Gasteiger partial charge in [0, 0.05) is 43.6 Å². The number of rotatable bonds is 4. The first kappa shape index (κ1) is 19.2. The summed E-state index contributed by atoms with van der Waals surface area (Å²) in [5, 5.41) is 6.99. The van der Waals surface area contributed by atoms with Crippen LogP contribution in [0.2, 0.25) is 0 Å². The number of pyridine rings is 1. The Morgan fingerprint density at radius 1 is 1.22 bits per heavy atom. The molecule has 5 fully saturated rings. The zero-order valence-electron chi connectivity index (χ0n) is 15.9. The normalized spacial score (nSPS) is 37.6. The van der Waals surface area contributed by atoms with E-state index in [2.05, 4.69) is 26.6 Å². The number of carbonyl (C=O) groups is 1. The lowest BCUT2D eigenvalue weighted by Gasteiger charge is -2.57. The molecule has 27 heavy (non-hydrogen) atoms. The Labute approximate surface area is 168 Å². The van der Waals surface area contributed by atoms with Crippen LogP contribution >= 0.6 is 12.4 Å². The molecule has 1 unspecified atom stereocenters. The average Bonchev–Trinajstić information content (AvgIpc) is 2.61. The highest BCUT2D eigenvalue weighted by molar-refractivity contribution is 5.85. The van der Waals surface area contributed by atoms with Crippen molar-refractivity contribution in [1.29, 1.82) is 0 Å². The zero-order valence-corrected chi connectivity index (χ0v) is 16.7. The van der Waals surface area contributed by atoms with E-state index in [4.69, 9.17) is 0 Å². The molecule has 148 valence electrons. The third-order valence-corrected chi connectivity index (χ3v) is 7.21. The Kier molecular flexibility index (Phi) is 5.45. The van der Waals surface area contributed by atoms with Crippen LogP contribution in [0.15, 0.2) is 24.5 Å². The number of carbonyl (C=O) groups excluding carboxylic acids is 1. The van der Waals surface area contributed by atoms with Crippen molar-refractivity contribution in [3.63, 3.8) is 0 Å². The summed E-state index contributed by atoms with van der Waals surface area (Å²) in [6, 6.07) is 4.34. The van der Waals surface area contributed by atoms with Gasteiger partial charge in [-0.05, 0) is 67.9 Å². The van der Waals surface area contributed by atoms with E-state index in [0.717, 1.165) is 37.4 Å². The molecule has 1 aromatic heterocycles. The number of halogens is 1. The van der Waals surface area contributed by atoms with Crippen molar-refractivity contribution in [2.75, 3.05) is 26.2 Å². The molecule has 0 spiro atoms. The van der Waals surface area contributed by atoms with Crippen molar-refractivity contribution in [2.45, 2.75) is 50.1 Å². The van der Waals surface area contributed by atoms with Crippen molar-refractivity contribution in [1.82, 2.24) is 20.5 Å². The lowest BCUT2D eigenvalue weighted by Crippen LogP contribution is -2.61. The van der Waals surface area contributed by atoms with Gasteiger partial charge >= 0.3 is 0 Å². The molecule has 4 aliphatic carbocycles. The van der Waals surface area contributed by atoms with Crippen LogP contribution in [0.5, 0.6) is 0 Å². The van der Waals surface area contributed by atoms with Gasteiger partial charge < -0.3 is 10.6 Å². The Hall–Kier alpha value is -1.17. The predicted octanol–water partition coefficient (Wildman–Crippen LogP) is 2.53. The van der Waals surface area contributed by atoms with Crippen molar-refractivity contribution in [2.24, 2.45) is 17.8 Å². The summed E-state index contributed by atoms with van der Waals surface area (Å²) in [6.07, 6.45) is 11.6. The van der Waals surface area contributed by atoms with E-state index >= 15 is 0 Å². The largest absolute Gasteiger partial charge is 0.350 e. The quantitative estimate of drug-likeness (QED) is 0.829. The minimum Gasteiger partial charge on any atom is -0.350 e. The first-order chi connectivity index (χ1) is 12.7. The lowest BCUT2D eigenvalue weighted by molar-refractivity contribution is -0.128. The third kappa shape index (κ3) is 3.87. The summed E-state index contributed by atoms with van der Waals surface area (Å²) >= 11 is 0. The molecule has 5 aliphatic rings. The van der Waals surface area contributed by atoms with Crippen LogP contribution in [-0.4, -0.2) is 47.5 Å². The van der Waals surface area contributed by atoms with Crippen LogP contribution in [0.4, 0.5) is 0 Å². The van der Waals surface area contributed by atoms with Gasteiger partial charge in [0.2, 0.25) is 5.91 Å². The average molecular weight is 391 g/mol. The molecule has 1 aliphatic heterocycles. The molecule has 1 saturated heterocycles. The summed E-state index contributed by atoms with van der Waals surface area (Å²) in [6.45, 7) is 3.24. The number of aromatic nitrogens is 1. The fourth-order valence-electron chi connectivity index (χ4n) is 6.62. The minimum atomic E-state index is 0. The SMILES string of the molecule is Cl.O=C(CN1CCNCC1c1cccnc1)NC12CC3CC(CC(C3)C1)C2. The van der Waals surface area contributed by atoms with Crippen LogP contribution in [0, 0.1) is 17.8 Å². The second kappa shape index (κ2) is 7.69. The Morgan fingerprint density at radius 3 is 2.56 bits per heavy atom. The maximum atomic E-state index is 13.0. The topological polar surface area (TPSA) is 57.3 Å². The molecule has 6 heteroatoms. The highest BCUT2D eigenvalue weighted by atomic mass is 35.5. The van der Waals surface area contributed by atoms with Crippen molar-refractivity contribution >= 4 is 18.3 Å². The number of amides is 1. The molecule has 0 radical (unpaired) electrons. The van der Waals surface area contributed by atoms with Crippen LogP contribution in [-0.2, 0) is 4.79 Å². The summed E-state index contributed by atoms with van der Waals surface area (Å²) in [5.74, 6) is 2.82. The molecule has 1 aromatic rings. The molecule has 5 nitrogen and oxygen atoms in total. The first-order valence-electron chi connectivity index (χ1n) is 10.3. The highest BCUT2D eigenvalue weighted by Crippen LogP contribution is 2.55. The van der Waals surface area contributed by atoms with Gasteiger partial charge in [0.05, 0.1) is 6.54 Å². The van der Waals surface area contributed by atoms with E-state index in [-0.39, 0.29) is 29.9 Å². The van der Waals surface area contributed by atoms with Gasteiger partial charge in [-0.3, -0.25) is 14.7 Å². The smallest absolute Gasteiger partial charge is 0.234 e. The van der Waals surface area contributed by atoms with Gasteiger partial charge in [-0.2, -0.15) is 0 Å². The van der Waals surface area contributed by atoms with Gasteiger partial charge in [-0.25, -0.2) is 0 Å². The molecule has 6 rings (SSSR count). The molecule has 2 heterocycles. The first-order valence-corrected chi connectivity index (χ1v) is 10.3. The summed E-state index contributed by atoms with van der Waals surface area (Å²) in [4.78, 5) is 19.6. The number of hydrogen-bond acceptors (Lipinski definition) is 4. The molecule has 2 N–H and O–H groups in total. The van der Waals surface area contributed by atoms with Crippen molar-refractivity contribution < 1.29 is 4.79 Å². The Morgan fingerprint density at radius 2 is 1.93 bits per heavy atom. The summed E-state index contributed by atoms with van der Waals surface area (Å²) in [7, 11) is 0. The number of piperazine rings is 1. The van der Waals surface area contributed by atoms with Gasteiger partial charge in [0.25, 0.3) is 0 Å². The summed E-state index contributed by atoms with van der Waals surface area (Å²) < 4.78 is 0. The van der Waals surface area contributed by atoms with E-state index in [0.29, 0.717) is 6.54 Å². The zero-order chi connectivity index (χ0) is 17.6. The van der Waals surface area contributed by atoms with Crippen LogP contribution < -0.4 is 10.6 Å². The lowest BCUT2D eigenvalue weighted by atomic mass is 9.53. The molecule has 0 aromatic carbocycles. The molecule has 1 atom stereocenters. The van der Waals surface area contributed by atoms with E-state index in [1.165, 1.54) is 44.1 Å². The highest BCUT2D eigenvalue weighted by Gasteiger charge is 2.51. The third-order valence-electron chi connectivity index (χ3n) is 7.21. The number of nitrogens with one attached hydrogen (secondary N) is 2. The van der Waals surface area contributed by atoms with E-state index in [1.54, 1.807) is 0 Å². The van der Waals surface area contributed by atoms with Crippen LogP contribution in [0.3, 0.4) is 0 Å². The van der Waals surface area contributed by atoms with Crippen molar-refractivity contribution in [3.05, 3.63) is 30.1 Å². The Bertz CT molecular complexity index is 632. The fraction of sp³-hybridized carbons (Fsp3) is 0.714. The predicted molar refractivity (Wildman–Crippen MR) is 108 cm³/mol. The summed E-state index contributed by atoms with van der Waals surface area (Å²) in [5.41, 5.74) is 1.31. The second-order valence-corrected chi connectivity index (χ2v) is 9.22. The van der Waals surface area contributed by atoms with Crippen LogP contribution in [0.1, 0.15) is 50.1 Å². The van der Waals surface area contributed by atoms with E-state index in [9.17, 15) is 4.79 Å². The van der Waals surface area contributed by atoms with E-state index in [1.807, 2.05) is 18.5 Å². The molecule has 4 saturated carbocycles. The van der Waals surface area contributed by atoms with Gasteiger partial charge in [0.15, 0.2) is 0 Å². The molecular weight excluding hydrogens is 360 g/mol. The molecule has 1 amide bonds. The number of hydrogen-bond donors (Lipinski definition) is 2. The van der Waals surface area contributed by atoms with Gasteiger partial charge in [0.1, 0.15) is 0 Å². The van der Waals surface area contributed by atoms with Gasteiger partial charge in [-0.15, -0.1) is 12.4 Å². The molecular formula is C21H31ClN4O. The maximum Gasteiger partial charge on any atom is 0.234 e. The minimum absolute atomic E-state index is 0. The monoisotopic (exact) mass is 390 g/mol. The standard InChI is InChI=1S/C21H30N4O.ClH/c26-20(24-21-9-15-6-16(10-21)8-17(7-15)11-21)14-25-5-4-23-13-19(25)18-2-1-3-22-12-18;/h1-3,12,15-17,19,23H,4-11,13-14H2,(H,24,26);1H. The molecule has 4 bridgehead atoms. The Balaban J connectivity index is 0.00000180. The van der Waals surface area contributed by atoms with Gasteiger partial charge in [-0.1, -0.05) is 6.07 Å². The second-order valence-electron chi connectivity index (χ2n) is 9.22. The number of nitrogens with zero attached hydrogens (tertiary/aromatic N) is 2. The van der Waals surface area contributed by atoms with Crippen molar-refractivity contribution in [3.8, 4) is 0 Å². The van der Waals surface area contributed by atoms with E-state index < -0.39 is 0 Å². The van der Waals surface area contributed by atoms with Crippen LogP contribution in [0.25, 0.3) is 0 Å².